The van der Waals surface area contributed by atoms with Gasteiger partial charge in [-0.2, -0.15) is 0 Å². The zero-order chi connectivity index (χ0) is 8.91. The molecule has 0 amide bonds. The molecule has 2 nitrogen and oxygen atoms in total. The van der Waals surface area contributed by atoms with E-state index in [0.717, 1.165) is 12.8 Å². The molecule has 0 unspecified atom stereocenters. The van der Waals surface area contributed by atoms with E-state index in [-0.39, 0.29) is 6.61 Å². The summed E-state index contributed by atoms with van der Waals surface area (Å²) < 4.78 is 0. The predicted octanol–water partition coefficient (Wildman–Crippen LogP) is 1.56. The van der Waals surface area contributed by atoms with Crippen LogP contribution in [0.4, 0.5) is 0 Å². The average molecular weight is 160 g/mol. The van der Waals surface area contributed by atoms with Gasteiger partial charge in [-0.05, 0) is 18.3 Å². The van der Waals surface area contributed by atoms with Crippen LogP contribution in [-0.2, 0) is 0 Å². The summed E-state index contributed by atoms with van der Waals surface area (Å²) in [5, 5.41) is 17.6. The summed E-state index contributed by atoms with van der Waals surface area (Å²) in [5.41, 5.74) is 0.302. The summed E-state index contributed by atoms with van der Waals surface area (Å²) in [5.74, 6) is 0. The van der Waals surface area contributed by atoms with Crippen molar-refractivity contribution >= 4 is 0 Å². The first kappa shape index (κ1) is 10.9. The topological polar surface area (TPSA) is 40.5 Å². The molecule has 0 aliphatic carbocycles. The van der Waals surface area contributed by atoms with E-state index in [1.807, 2.05) is 0 Å². The van der Waals surface area contributed by atoms with Crippen LogP contribution in [0.15, 0.2) is 0 Å². The van der Waals surface area contributed by atoms with Gasteiger partial charge in [0.15, 0.2) is 0 Å². The molecule has 0 aromatic carbocycles. The molecular formula is C9H20O2. The molecule has 1 atom stereocenters. The molecule has 0 aromatic rings. The Balaban J connectivity index is 3.52. The summed E-state index contributed by atoms with van der Waals surface area (Å²) in [6.45, 7) is 6.39. The Hall–Kier alpha value is -0.0800. The second-order valence-corrected chi connectivity index (χ2v) is 3.89. The lowest BCUT2D eigenvalue weighted by Gasteiger charge is -2.23. The molecule has 0 rings (SSSR count). The average Bonchev–Trinajstić information content (AvgIpc) is 2.00. The van der Waals surface area contributed by atoms with Gasteiger partial charge in [-0.25, -0.2) is 0 Å². The Kier molecular flexibility index (Phi) is 4.69. The lowest BCUT2D eigenvalue weighted by molar-refractivity contribution is 0.0761. The fourth-order valence-corrected chi connectivity index (χ4v) is 0.825. The normalized spacial score (nSPS) is 15.0. The van der Waals surface area contributed by atoms with Crippen molar-refractivity contribution in [2.24, 2.45) is 5.41 Å². The molecule has 0 radical (unpaired) electrons. The Morgan fingerprint density at radius 3 is 2.27 bits per heavy atom. The highest BCUT2D eigenvalue weighted by atomic mass is 16.3. The summed E-state index contributed by atoms with van der Waals surface area (Å²) in [4.78, 5) is 0. The molecule has 0 aromatic heterocycles. The number of hydrogen-bond acceptors (Lipinski definition) is 2. The van der Waals surface area contributed by atoms with Gasteiger partial charge >= 0.3 is 0 Å². The molecule has 0 heterocycles. The Morgan fingerprint density at radius 1 is 1.36 bits per heavy atom. The Labute approximate surface area is 69.2 Å². The van der Waals surface area contributed by atoms with Crippen LogP contribution in [0.25, 0.3) is 0 Å². The third-order valence-corrected chi connectivity index (χ3v) is 2.32. The van der Waals surface area contributed by atoms with Gasteiger partial charge in [0.05, 0.1) is 12.7 Å². The number of rotatable bonds is 5. The molecule has 0 fully saturated rings. The van der Waals surface area contributed by atoms with Crippen molar-refractivity contribution in [2.75, 3.05) is 6.61 Å². The van der Waals surface area contributed by atoms with Gasteiger partial charge in [0.2, 0.25) is 0 Å². The molecular weight excluding hydrogens is 140 g/mol. The smallest absolute Gasteiger partial charge is 0.0771 e. The van der Waals surface area contributed by atoms with Crippen LogP contribution in [0.1, 0.15) is 40.0 Å². The van der Waals surface area contributed by atoms with Crippen molar-refractivity contribution in [1.82, 2.24) is 0 Å². The first-order valence-corrected chi connectivity index (χ1v) is 4.31. The Bertz CT molecular complexity index is 99.7. The maximum absolute atomic E-state index is 9.07. The highest BCUT2D eigenvalue weighted by molar-refractivity contribution is 4.68. The van der Waals surface area contributed by atoms with Gasteiger partial charge in [-0.15, -0.1) is 0 Å². The van der Waals surface area contributed by atoms with Crippen LogP contribution in [-0.4, -0.2) is 22.9 Å². The highest BCUT2D eigenvalue weighted by Gasteiger charge is 2.16. The van der Waals surface area contributed by atoms with E-state index in [9.17, 15) is 0 Å². The molecule has 0 aliphatic heterocycles. The van der Waals surface area contributed by atoms with Gasteiger partial charge in [-0.1, -0.05) is 27.2 Å². The second-order valence-electron chi connectivity index (χ2n) is 3.89. The molecule has 2 heteroatoms. The summed E-state index contributed by atoms with van der Waals surface area (Å²) in [6, 6.07) is 0. The van der Waals surface area contributed by atoms with Crippen LogP contribution in [0, 0.1) is 5.41 Å². The van der Waals surface area contributed by atoms with Crippen molar-refractivity contribution in [3.8, 4) is 0 Å². The van der Waals surface area contributed by atoms with Crippen molar-refractivity contribution in [3.05, 3.63) is 0 Å². The van der Waals surface area contributed by atoms with E-state index in [1.165, 1.54) is 0 Å². The largest absolute Gasteiger partial charge is 0.394 e. The zero-order valence-corrected chi connectivity index (χ0v) is 7.80. The van der Waals surface area contributed by atoms with Crippen molar-refractivity contribution in [1.29, 1.82) is 0 Å². The number of aliphatic hydroxyl groups excluding tert-OH is 2. The third kappa shape index (κ3) is 5.22. The molecule has 68 valence electrons. The molecule has 0 bridgehead atoms. The van der Waals surface area contributed by atoms with Gasteiger partial charge < -0.3 is 10.2 Å². The van der Waals surface area contributed by atoms with Gasteiger partial charge in [0.25, 0.3) is 0 Å². The number of hydrogen-bond donors (Lipinski definition) is 2. The van der Waals surface area contributed by atoms with E-state index in [0.29, 0.717) is 11.8 Å². The first-order valence-electron chi connectivity index (χ1n) is 4.31. The van der Waals surface area contributed by atoms with Gasteiger partial charge in [0.1, 0.15) is 0 Å². The number of aliphatic hydroxyl groups is 2. The second kappa shape index (κ2) is 4.73. The minimum absolute atomic E-state index is 0.111. The molecule has 0 spiro atoms. The van der Waals surface area contributed by atoms with Crippen LogP contribution < -0.4 is 0 Å². The third-order valence-electron chi connectivity index (χ3n) is 2.32. The minimum atomic E-state index is -0.527. The maximum atomic E-state index is 9.07. The molecule has 0 aliphatic rings. The van der Waals surface area contributed by atoms with Crippen LogP contribution in [0.3, 0.4) is 0 Å². The van der Waals surface area contributed by atoms with Crippen molar-refractivity contribution in [3.63, 3.8) is 0 Å². The minimum Gasteiger partial charge on any atom is -0.394 e. The molecule has 0 saturated carbocycles. The standard InChI is InChI=1S/C9H20O2/c1-4-9(2,3)6-5-8(11)7-10/h8,10-11H,4-7H2,1-3H3/t8-/m1/s1. The zero-order valence-electron chi connectivity index (χ0n) is 7.80. The van der Waals surface area contributed by atoms with Crippen LogP contribution in [0.2, 0.25) is 0 Å². The lowest BCUT2D eigenvalue weighted by atomic mass is 9.84. The SMILES string of the molecule is CCC(C)(C)CC[C@@H](O)CO. The lowest BCUT2D eigenvalue weighted by Crippen LogP contribution is -2.17. The van der Waals surface area contributed by atoms with E-state index in [2.05, 4.69) is 20.8 Å². The van der Waals surface area contributed by atoms with Crippen LogP contribution in [0.5, 0.6) is 0 Å². The van der Waals surface area contributed by atoms with Crippen LogP contribution >= 0.6 is 0 Å². The summed E-state index contributed by atoms with van der Waals surface area (Å²) in [7, 11) is 0. The van der Waals surface area contributed by atoms with E-state index < -0.39 is 6.10 Å². The summed E-state index contributed by atoms with van der Waals surface area (Å²) in [6.07, 6.45) is 2.27. The predicted molar refractivity (Wildman–Crippen MR) is 46.4 cm³/mol. The van der Waals surface area contributed by atoms with Crippen molar-refractivity contribution in [2.45, 2.75) is 46.1 Å². The van der Waals surface area contributed by atoms with Crippen molar-refractivity contribution < 1.29 is 10.2 Å². The molecule has 0 saturated heterocycles. The quantitative estimate of drug-likeness (QED) is 0.640. The fourth-order valence-electron chi connectivity index (χ4n) is 0.825. The molecule has 11 heavy (non-hydrogen) atoms. The first-order chi connectivity index (χ1) is 5.02. The fraction of sp³-hybridized carbons (Fsp3) is 1.00. The van der Waals surface area contributed by atoms with E-state index >= 15 is 0 Å². The van der Waals surface area contributed by atoms with Gasteiger partial charge in [0, 0.05) is 0 Å². The maximum Gasteiger partial charge on any atom is 0.0771 e. The Morgan fingerprint density at radius 2 is 1.91 bits per heavy atom. The van der Waals surface area contributed by atoms with E-state index in [4.69, 9.17) is 10.2 Å². The summed E-state index contributed by atoms with van der Waals surface area (Å²) >= 11 is 0. The molecule has 2 N–H and O–H groups in total. The van der Waals surface area contributed by atoms with E-state index in [1.54, 1.807) is 0 Å². The van der Waals surface area contributed by atoms with Gasteiger partial charge in [-0.3, -0.25) is 0 Å². The highest BCUT2D eigenvalue weighted by Crippen LogP contribution is 2.26. The monoisotopic (exact) mass is 160 g/mol.